The summed E-state index contributed by atoms with van der Waals surface area (Å²) >= 11 is 0. The van der Waals surface area contributed by atoms with Gasteiger partial charge in [0.05, 0.1) is 22.0 Å². The van der Waals surface area contributed by atoms with Gasteiger partial charge >= 0.3 is 5.82 Å². The van der Waals surface area contributed by atoms with E-state index in [1.807, 2.05) is 29.1 Å². The average Bonchev–Trinajstić information content (AvgIpc) is 3.56. The lowest BCUT2D eigenvalue weighted by molar-refractivity contribution is -0.836. The van der Waals surface area contributed by atoms with Gasteiger partial charge in [-0.15, -0.1) is 0 Å². The fourth-order valence-corrected chi connectivity index (χ4v) is 7.20. The standard InChI is InChI=1S/C39H38N6/c1-28-24-29(2)27-44(26-28)37-23-22-30(25-36(37)40)34-20-12-13-21-35(34)38-41-43-45(42-38)39(31-14-6-3-7-15-31,32-16-8-4-9-17-32)33-18-10-5-11-19-33/h3-23,25,28-29H,24,26-27,40H2,1-2H3/p+1. The van der Waals surface area contributed by atoms with Crippen molar-refractivity contribution in [1.82, 2.24) is 15.4 Å². The normalized spacial score (nSPS) is 16.9. The summed E-state index contributed by atoms with van der Waals surface area (Å²) in [5.41, 5.74) is 14.1. The zero-order chi connectivity index (χ0) is 30.8. The first-order chi connectivity index (χ1) is 22.0. The quantitative estimate of drug-likeness (QED) is 0.116. The van der Waals surface area contributed by atoms with Crippen LogP contribution < -0.4 is 15.4 Å². The Kier molecular flexibility index (Phi) is 7.64. The largest absolute Gasteiger partial charge is 0.397 e. The van der Waals surface area contributed by atoms with Gasteiger partial charge in [0.25, 0.3) is 0 Å². The molecule has 5 aromatic carbocycles. The summed E-state index contributed by atoms with van der Waals surface area (Å²) in [6, 6.07) is 46.2. The molecule has 0 bridgehead atoms. The molecular weight excluding hydrogens is 552 g/mol. The molecule has 6 heteroatoms. The summed E-state index contributed by atoms with van der Waals surface area (Å²) < 4.78 is 0. The van der Waals surface area contributed by atoms with Gasteiger partial charge in [-0.05, 0) is 62.7 Å². The van der Waals surface area contributed by atoms with Crippen molar-refractivity contribution in [1.29, 1.82) is 0 Å². The number of hydrogen-bond donors (Lipinski definition) is 2. The lowest BCUT2D eigenvalue weighted by atomic mass is 9.77. The van der Waals surface area contributed by atoms with Gasteiger partial charge in [-0.2, -0.15) is 0 Å². The smallest absolute Gasteiger partial charge is 0.339 e. The molecule has 1 aliphatic heterocycles. The Labute approximate surface area is 265 Å². The highest BCUT2D eigenvalue weighted by atomic mass is 15.6. The summed E-state index contributed by atoms with van der Waals surface area (Å²) in [6.07, 6.45) is 1.26. The van der Waals surface area contributed by atoms with Gasteiger partial charge in [0.2, 0.25) is 5.54 Å². The number of nitrogens with one attached hydrogen (secondary N) is 1. The lowest BCUT2D eigenvalue weighted by Crippen LogP contribution is -2.62. The van der Waals surface area contributed by atoms with Crippen LogP contribution in [0.25, 0.3) is 22.5 Å². The molecule has 45 heavy (non-hydrogen) atoms. The second kappa shape index (κ2) is 12.0. The van der Waals surface area contributed by atoms with E-state index in [0.717, 1.165) is 57.8 Å². The number of piperidine rings is 1. The summed E-state index contributed by atoms with van der Waals surface area (Å²) in [5, 5.41) is 13.4. The minimum Gasteiger partial charge on any atom is -0.397 e. The van der Waals surface area contributed by atoms with Crippen LogP contribution in [0.1, 0.15) is 37.0 Å². The molecule has 0 spiro atoms. The lowest BCUT2D eigenvalue weighted by Gasteiger charge is -2.37. The number of rotatable bonds is 7. The van der Waals surface area contributed by atoms with E-state index in [-0.39, 0.29) is 0 Å². The van der Waals surface area contributed by atoms with Crippen molar-refractivity contribution in [2.24, 2.45) is 11.8 Å². The van der Waals surface area contributed by atoms with Gasteiger partial charge in [-0.1, -0.05) is 129 Å². The Morgan fingerprint density at radius 3 is 1.73 bits per heavy atom. The number of anilines is 2. The van der Waals surface area contributed by atoms with Crippen molar-refractivity contribution in [3.05, 3.63) is 150 Å². The minimum absolute atomic E-state index is 0.610. The zero-order valence-corrected chi connectivity index (χ0v) is 25.8. The highest BCUT2D eigenvalue weighted by molar-refractivity contribution is 5.84. The van der Waals surface area contributed by atoms with Crippen LogP contribution in [0.4, 0.5) is 11.4 Å². The predicted octanol–water partition coefficient (Wildman–Crippen LogP) is 7.33. The molecule has 0 saturated carbocycles. The van der Waals surface area contributed by atoms with Crippen LogP contribution in [-0.4, -0.2) is 28.5 Å². The van der Waals surface area contributed by atoms with E-state index in [4.69, 9.17) is 15.9 Å². The Morgan fingerprint density at radius 2 is 1.20 bits per heavy atom. The summed E-state index contributed by atoms with van der Waals surface area (Å²) in [7, 11) is 0. The predicted molar refractivity (Wildman–Crippen MR) is 182 cm³/mol. The molecule has 2 atom stereocenters. The van der Waals surface area contributed by atoms with Crippen molar-refractivity contribution in [3.8, 4) is 22.5 Å². The first-order valence-electron chi connectivity index (χ1n) is 15.8. The maximum atomic E-state index is 6.74. The van der Waals surface area contributed by atoms with E-state index in [9.17, 15) is 0 Å². The van der Waals surface area contributed by atoms with Crippen LogP contribution in [0.15, 0.2) is 133 Å². The number of H-pyrrole nitrogens is 1. The molecule has 3 N–H and O–H groups in total. The molecule has 2 heterocycles. The molecule has 1 saturated heterocycles. The maximum Gasteiger partial charge on any atom is 0.339 e. The van der Waals surface area contributed by atoms with Crippen LogP contribution in [0.2, 0.25) is 0 Å². The Morgan fingerprint density at radius 1 is 0.689 bits per heavy atom. The third-order valence-corrected chi connectivity index (χ3v) is 9.05. The van der Waals surface area contributed by atoms with E-state index in [1.54, 1.807) is 0 Å². The van der Waals surface area contributed by atoms with E-state index in [1.165, 1.54) is 6.42 Å². The molecule has 2 unspecified atom stereocenters. The number of nitrogens with two attached hydrogens (primary N) is 1. The van der Waals surface area contributed by atoms with Crippen LogP contribution in [-0.2, 0) is 5.54 Å². The highest BCUT2D eigenvalue weighted by Gasteiger charge is 2.46. The number of aromatic nitrogens is 4. The third kappa shape index (κ3) is 5.27. The van der Waals surface area contributed by atoms with Crippen molar-refractivity contribution in [3.63, 3.8) is 0 Å². The van der Waals surface area contributed by atoms with Crippen LogP contribution in [0.5, 0.6) is 0 Å². The number of hydrogen-bond acceptors (Lipinski definition) is 4. The van der Waals surface area contributed by atoms with Gasteiger partial charge in [-0.3, -0.25) is 0 Å². The summed E-state index contributed by atoms with van der Waals surface area (Å²) in [5.74, 6) is 1.92. The highest BCUT2D eigenvalue weighted by Crippen LogP contribution is 2.38. The molecule has 6 nitrogen and oxygen atoms in total. The van der Waals surface area contributed by atoms with Gasteiger partial charge < -0.3 is 10.6 Å². The van der Waals surface area contributed by atoms with E-state index >= 15 is 0 Å². The SMILES string of the molecule is CC1CC(C)CN(c2ccc(-c3ccccc3-c3n[nH][n+](C(c4ccccc4)(c4ccccc4)c4ccccc4)n3)cc2N)C1. The van der Waals surface area contributed by atoms with Gasteiger partial charge in [0.1, 0.15) is 0 Å². The van der Waals surface area contributed by atoms with Crippen molar-refractivity contribution in [2.45, 2.75) is 25.8 Å². The van der Waals surface area contributed by atoms with E-state index in [0.29, 0.717) is 17.7 Å². The Hall–Kier alpha value is -5.23. The summed E-state index contributed by atoms with van der Waals surface area (Å²) in [6.45, 7) is 6.73. The molecule has 0 radical (unpaired) electrons. The van der Waals surface area contributed by atoms with Gasteiger partial charge in [-0.25, -0.2) is 0 Å². The molecule has 224 valence electrons. The monoisotopic (exact) mass is 591 g/mol. The molecule has 1 aliphatic rings. The molecular formula is C39H39N6+. The van der Waals surface area contributed by atoms with E-state index in [2.05, 4.69) is 133 Å². The molecule has 0 amide bonds. The molecule has 6 aromatic rings. The number of aromatic amines is 1. The minimum atomic E-state index is -0.779. The first kappa shape index (κ1) is 28.5. The zero-order valence-electron chi connectivity index (χ0n) is 25.8. The molecule has 7 rings (SSSR count). The number of nitrogens with zero attached hydrogens (tertiary/aromatic N) is 4. The fraction of sp³-hybridized carbons (Fsp3) is 0.205. The van der Waals surface area contributed by atoms with Crippen LogP contribution in [0, 0.1) is 11.8 Å². The van der Waals surface area contributed by atoms with Crippen molar-refractivity contribution < 1.29 is 4.80 Å². The van der Waals surface area contributed by atoms with Crippen molar-refractivity contribution in [2.75, 3.05) is 23.7 Å². The molecule has 0 aliphatic carbocycles. The number of benzene rings is 5. The van der Waals surface area contributed by atoms with Gasteiger partial charge in [0.15, 0.2) is 0 Å². The maximum absolute atomic E-state index is 6.74. The van der Waals surface area contributed by atoms with Crippen molar-refractivity contribution >= 4 is 11.4 Å². The third-order valence-electron chi connectivity index (χ3n) is 9.05. The molecule has 1 fully saturated rings. The number of tetrazole rings is 1. The van der Waals surface area contributed by atoms with Gasteiger partial charge in [0, 0.05) is 29.8 Å². The second-order valence-corrected chi connectivity index (χ2v) is 12.4. The average molecular weight is 592 g/mol. The summed E-state index contributed by atoms with van der Waals surface area (Å²) in [4.78, 5) is 4.34. The Balaban J connectivity index is 1.34. The van der Waals surface area contributed by atoms with Crippen LogP contribution in [0.3, 0.4) is 0 Å². The fourth-order valence-electron chi connectivity index (χ4n) is 7.20. The topological polar surface area (TPSA) is 74.7 Å². The first-order valence-corrected chi connectivity index (χ1v) is 15.8. The van der Waals surface area contributed by atoms with Crippen LogP contribution >= 0.6 is 0 Å². The number of nitrogen functional groups attached to an aromatic ring is 1. The second-order valence-electron chi connectivity index (χ2n) is 12.4. The van der Waals surface area contributed by atoms with E-state index < -0.39 is 5.54 Å². The molecule has 1 aromatic heterocycles. The Bertz CT molecular complexity index is 1780.